The van der Waals surface area contributed by atoms with E-state index in [0.29, 0.717) is 12.1 Å². The van der Waals surface area contributed by atoms with Crippen molar-refractivity contribution in [2.75, 3.05) is 7.11 Å². The van der Waals surface area contributed by atoms with Crippen LogP contribution in [-0.4, -0.2) is 12.1 Å². The van der Waals surface area contributed by atoms with Crippen LogP contribution in [0.3, 0.4) is 0 Å². The summed E-state index contributed by atoms with van der Waals surface area (Å²) in [6.45, 7) is 5.44. The Hall–Kier alpha value is -2.38. The fourth-order valence-electron chi connectivity index (χ4n) is 2.27. The van der Waals surface area contributed by atoms with E-state index < -0.39 is 0 Å². The predicted octanol–water partition coefficient (Wildman–Crippen LogP) is 2.87. The van der Waals surface area contributed by atoms with Crippen molar-refractivity contribution < 1.29 is 4.74 Å². The summed E-state index contributed by atoms with van der Waals surface area (Å²) < 4.78 is 5.41. The Morgan fingerprint density at radius 2 is 1.90 bits per heavy atom. The first-order valence-electron chi connectivity index (χ1n) is 6.84. The van der Waals surface area contributed by atoms with E-state index in [1.807, 2.05) is 44.3 Å². The maximum Gasteiger partial charge on any atom is 0.128 e. The Morgan fingerprint density at radius 1 is 1.19 bits per heavy atom. The third-order valence-electron chi connectivity index (χ3n) is 3.45. The van der Waals surface area contributed by atoms with E-state index in [0.717, 1.165) is 34.7 Å². The fourth-order valence-corrected chi connectivity index (χ4v) is 2.27. The lowest BCUT2D eigenvalue weighted by atomic mass is 10.1. The molecular formula is C17H19N3O. The average molecular weight is 281 g/mol. The Morgan fingerprint density at radius 3 is 2.52 bits per heavy atom. The monoisotopic (exact) mass is 281 g/mol. The molecule has 2 aromatic rings. The second kappa shape index (κ2) is 6.87. The standard InChI is InChI=1S/C17H19N3O/c1-12-9-20-16(13(2)17(12)21-3)11-19-10-15-6-4-14(8-18)5-7-15/h4-7,9,19H,10-11H2,1-3H3. The molecule has 0 aliphatic carbocycles. The van der Waals surface area contributed by atoms with Gasteiger partial charge in [0, 0.05) is 30.4 Å². The summed E-state index contributed by atoms with van der Waals surface area (Å²) in [4.78, 5) is 4.46. The molecule has 2 rings (SSSR count). The summed E-state index contributed by atoms with van der Waals surface area (Å²) in [5.74, 6) is 0.903. The maximum absolute atomic E-state index is 8.77. The van der Waals surface area contributed by atoms with Crippen LogP contribution >= 0.6 is 0 Å². The Kier molecular flexibility index (Phi) is 4.91. The normalized spacial score (nSPS) is 10.2. The number of nitriles is 1. The van der Waals surface area contributed by atoms with E-state index >= 15 is 0 Å². The van der Waals surface area contributed by atoms with Gasteiger partial charge in [0.2, 0.25) is 0 Å². The molecule has 0 saturated heterocycles. The SMILES string of the molecule is COc1c(C)cnc(CNCc2ccc(C#N)cc2)c1C. The molecule has 0 aliphatic heterocycles. The molecule has 1 heterocycles. The highest BCUT2D eigenvalue weighted by Gasteiger charge is 2.08. The van der Waals surface area contributed by atoms with Crippen LogP contribution < -0.4 is 10.1 Å². The van der Waals surface area contributed by atoms with Gasteiger partial charge in [0.05, 0.1) is 24.4 Å². The van der Waals surface area contributed by atoms with Crippen molar-refractivity contribution >= 4 is 0 Å². The Balaban J connectivity index is 1.99. The van der Waals surface area contributed by atoms with E-state index in [9.17, 15) is 0 Å². The van der Waals surface area contributed by atoms with Gasteiger partial charge in [-0.15, -0.1) is 0 Å². The second-order valence-electron chi connectivity index (χ2n) is 4.96. The number of rotatable bonds is 5. The van der Waals surface area contributed by atoms with Crippen molar-refractivity contribution in [2.24, 2.45) is 0 Å². The topological polar surface area (TPSA) is 57.9 Å². The summed E-state index contributed by atoms with van der Waals surface area (Å²) in [5, 5.41) is 12.1. The van der Waals surface area contributed by atoms with Gasteiger partial charge in [-0.2, -0.15) is 5.26 Å². The molecule has 0 aliphatic rings. The van der Waals surface area contributed by atoms with E-state index in [-0.39, 0.29) is 0 Å². The molecule has 21 heavy (non-hydrogen) atoms. The molecule has 4 nitrogen and oxygen atoms in total. The molecule has 0 atom stereocenters. The summed E-state index contributed by atoms with van der Waals surface area (Å²) in [7, 11) is 1.68. The van der Waals surface area contributed by atoms with Crippen LogP contribution in [0.25, 0.3) is 0 Å². The van der Waals surface area contributed by atoms with Crippen molar-refractivity contribution in [3.05, 3.63) is 58.4 Å². The highest BCUT2D eigenvalue weighted by atomic mass is 16.5. The first-order chi connectivity index (χ1) is 10.2. The number of hydrogen-bond acceptors (Lipinski definition) is 4. The van der Waals surface area contributed by atoms with E-state index in [2.05, 4.69) is 16.4 Å². The number of nitrogens with zero attached hydrogens (tertiary/aromatic N) is 2. The molecule has 4 heteroatoms. The maximum atomic E-state index is 8.77. The quantitative estimate of drug-likeness (QED) is 0.915. The van der Waals surface area contributed by atoms with Gasteiger partial charge >= 0.3 is 0 Å². The van der Waals surface area contributed by atoms with Gasteiger partial charge in [-0.3, -0.25) is 4.98 Å². The fraction of sp³-hybridized carbons (Fsp3) is 0.294. The number of nitrogens with one attached hydrogen (secondary N) is 1. The molecule has 0 bridgehead atoms. The van der Waals surface area contributed by atoms with Gasteiger partial charge in [-0.25, -0.2) is 0 Å². The second-order valence-corrected chi connectivity index (χ2v) is 4.96. The lowest BCUT2D eigenvalue weighted by molar-refractivity contribution is 0.406. The van der Waals surface area contributed by atoms with Crippen molar-refractivity contribution in [3.63, 3.8) is 0 Å². The highest BCUT2D eigenvalue weighted by Crippen LogP contribution is 2.23. The van der Waals surface area contributed by atoms with Crippen LogP contribution in [0, 0.1) is 25.2 Å². The number of hydrogen-bond donors (Lipinski definition) is 1. The first-order valence-corrected chi connectivity index (χ1v) is 6.84. The molecule has 0 spiro atoms. The molecule has 0 radical (unpaired) electrons. The van der Waals surface area contributed by atoms with Crippen LogP contribution in [-0.2, 0) is 13.1 Å². The molecular weight excluding hydrogens is 262 g/mol. The van der Waals surface area contributed by atoms with E-state index in [4.69, 9.17) is 10.00 Å². The Labute approximate surface area is 125 Å². The minimum atomic E-state index is 0.680. The number of benzene rings is 1. The third kappa shape index (κ3) is 3.59. The van der Waals surface area contributed by atoms with E-state index in [1.165, 1.54) is 0 Å². The molecule has 0 saturated carbocycles. The molecule has 1 aromatic heterocycles. The van der Waals surface area contributed by atoms with Gasteiger partial charge in [-0.05, 0) is 31.5 Å². The van der Waals surface area contributed by atoms with Crippen molar-refractivity contribution in [3.8, 4) is 11.8 Å². The number of ether oxygens (including phenoxy) is 1. The van der Waals surface area contributed by atoms with Crippen molar-refractivity contribution in [1.82, 2.24) is 10.3 Å². The van der Waals surface area contributed by atoms with Gasteiger partial charge in [0.1, 0.15) is 5.75 Å². The molecule has 1 aromatic carbocycles. The van der Waals surface area contributed by atoms with Gasteiger partial charge in [-0.1, -0.05) is 12.1 Å². The number of methoxy groups -OCH3 is 1. The van der Waals surface area contributed by atoms with Crippen LogP contribution in [0.1, 0.15) is 27.9 Å². The van der Waals surface area contributed by atoms with Crippen molar-refractivity contribution in [2.45, 2.75) is 26.9 Å². The van der Waals surface area contributed by atoms with Crippen LogP contribution in [0.2, 0.25) is 0 Å². The minimum Gasteiger partial charge on any atom is -0.496 e. The number of pyridine rings is 1. The summed E-state index contributed by atoms with van der Waals surface area (Å²) >= 11 is 0. The van der Waals surface area contributed by atoms with Gasteiger partial charge in [0.15, 0.2) is 0 Å². The zero-order valence-electron chi connectivity index (χ0n) is 12.6. The lowest BCUT2D eigenvalue weighted by Gasteiger charge is -2.12. The van der Waals surface area contributed by atoms with Crippen LogP contribution in [0.4, 0.5) is 0 Å². The third-order valence-corrected chi connectivity index (χ3v) is 3.45. The van der Waals surface area contributed by atoms with E-state index in [1.54, 1.807) is 7.11 Å². The number of aryl methyl sites for hydroxylation is 1. The molecule has 0 fully saturated rings. The minimum absolute atomic E-state index is 0.680. The van der Waals surface area contributed by atoms with Gasteiger partial charge in [0.25, 0.3) is 0 Å². The molecule has 1 N–H and O–H groups in total. The van der Waals surface area contributed by atoms with Crippen molar-refractivity contribution in [1.29, 1.82) is 5.26 Å². The predicted molar refractivity (Wildman–Crippen MR) is 82.0 cm³/mol. The van der Waals surface area contributed by atoms with Gasteiger partial charge < -0.3 is 10.1 Å². The average Bonchev–Trinajstić information content (AvgIpc) is 2.51. The zero-order chi connectivity index (χ0) is 15.2. The summed E-state index contributed by atoms with van der Waals surface area (Å²) in [6.07, 6.45) is 1.84. The molecule has 108 valence electrons. The number of aromatic nitrogens is 1. The largest absolute Gasteiger partial charge is 0.496 e. The first kappa shape index (κ1) is 15.0. The zero-order valence-corrected chi connectivity index (χ0v) is 12.6. The smallest absolute Gasteiger partial charge is 0.128 e. The molecule has 0 unspecified atom stereocenters. The highest BCUT2D eigenvalue weighted by molar-refractivity contribution is 5.41. The van der Waals surface area contributed by atoms with Crippen LogP contribution in [0.5, 0.6) is 5.75 Å². The van der Waals surface area contributed by atoms with Crippen LogP contribution in [0.15, 0.2) is 30.5 Å². The summed E-state index contributed by atoms with van der Waals surface area (Å²) in [6, 6.07) is 9.69. The Bertz CT molecular complexity index is 657. The summed E-state index contributed by atoms with van der Waals surface area (Å²) in [5.41, 5.74) is 4.94. The lowest BCUT2D eigenvalue weighted by Crippen LogP contribution is -2.15. The molecule has 0 amide bonds.